The van der Waals surface area contributed by atoms with Gasteiger partial charge in [-0.15, -0.1) is 0 Å². The van der Waals surface area contributed by atoms with E-state index in [2.05, 4.69) is 0 Å². The SMILES string of the molecule is COc1ccc(S(=O)(=O)N(Cc2ccccc2F)c2ccc(Cl)cc2)cc1. The smallest absolute Gasteiger partial charge is 0.264 e. The molecule has 0 unspecified atom stereocenters. The average Bonchev–Trinajstić information content (AvgIpc) is 2.68. The van der Waals surface area contributed by atoms with Gasteiger partial charge in [0.25, 0.3) is 10.0 Å². The van der Waals surface area contributed by atoms with Crippen molar-refractivity contribution in [3.63, 3.8) is 0 Å². The number of hydrogen-bond acceptors (Lipinski definition) is 3. The standard InChI is InChI=1S/C20H17ClFNO3S/c1-26-18-10-12-19(13-11-18)27(24,25)23(17-8-6-16(21)7-9-17)14-15-4-2-3-5-20(15)22/h2-13H,14H2,1H3. The first kappa shape index (κ1) is 19.2. The van der Waals surface area contributed by atoms with Gasteiger partial charge >= 0.3 is 0 Å². The number of anilines is 1. The monoisotopic (exact) mass is 405 g/mol. The van der Waals surface area contributed by atoms with Gasteiger partial charge in [0.1, 0.15) is 11.6 Å². The van der Waals surface area contributed by atoms with Crippen LogP contribution < -0.4 is 9.04 Å². The fraction of sp³-hybridized carbons (Fsp3) is 0.100. The molecule has 0 fully saturated rings. The van der Waals surface area contributed by atoms with Crippen LogP contribution in [0.4, 0.5) is 10.1 Å². The highest BCUT2D eigenvalue weighted by atomic mass is 35.5. The van der Waals surface area contributed by atoms with E-state index in [1.165, 1.54) is 25.3 Å². The van der Waals surface area contributed by atoms with Crippen molar-refractivity contribution in [2.75, 3.05) is 11.4 Å². The Kier molecular flexibility index (Phi) is 5.68. The van der Waals surface area contributed by atoms with Gasteiger partial charge in [-0.3, -0.25) is 4.31 Å². The Morgan fingerprint density at radius 2 is 1.59 bits per heavy atom. The Labute approximate surface area is 162 Å². The van der Waals surface area contributed by atoms with Crippen molar-refractivity contribution in [2.24, 2.45) is 0 Å². The topological polar surface area (TPSA) is 46.6 Å². The number of hydrogen-bond donors (Lipinski definition) is 0. The summed E-state index contributed by atoms with van der Waals surface area (Å²) in [6, 6.07) is 18.5. The number of rotatable bonds is 6. The van der Waals surface area contributed by atoms with Crippen LogP contribution in [0.1, 0.15) is 5.56 Å². The molecule has 0 saturated carbocycles. The van der Waals surface area contributed by atoms with Crippen LogP contribution in [0.15, 0.2) is 77.7 Å². The van der Waals surface area contributed by atoms with Gasteiger partial charge in [0.2, 0.25) is 0 Å². The first-order chi connectivity index (χ1) is 12.9. The van der Waals surface area contributed by atoms with Gasteiger partial charge in [-0.25, -0.2) is 12.8 Å². The molecule has 4 nitrogen and oxygen atoms in total. The van der Waals surface area contributed by atoms with Gasteiger partial charge in [-0.1, -0.05) is 29.8 Å². The largest absolute Gasteiger partial charge is 0.497 e. The molecule has 0 aliphatic rings. The summed E-state index contributed by atoms with van der Waals surface area (Å²) in [5.74, 6) is 0.0718. The Morgan fingerprint density at radius 1 is 0.963 bits per heavy atom. The lowest BCUT2D eigenvalue weighted by Crippen LogP contribution is -2.31. The minimum atomic E-state index is -3.94. The lowest BCUT2D eigenvalue weighted by atomic mass is 10.2. The van der Waals surface area contributed by atoms with Crippen LogP contribution in [0.2, 0.25) is 5.02 Å². The van der Waals surface area contributed by atoms with Crippen molar-refractivity contribution in [3.8, 4) is 5.75 Å². The van der Waals surface area contributed by atoms with E-state index in [9.17, 15) is 12.8 Å². The third-order valence-corrected chi connectivity index (χ3v) is 6.07. The van der Waals surface area contributed by atoms with Crippen LogP contribution >= 0.6 is 11.6 Å². The predicted octanol–water partition coefficient (Wildman–Crippen LogP) is 4.88. The Morgan fingerprint density at radius 3 is 2.19 bits per heavy atom. The van der Waals surface area contributed by atoms with E-state index < -0.39 is 15.8 Å². The van der Waals surface area contributed by atoms with Gasteiger partial charge in [-0.2, -0.15) is 0 Å². The first-order valence-electron chi connectivity index (χ1n) is 8.07. The molecule has 3 aromatic carbocycles. The van der Waals surface area contributed by atoms with Crippen LogP contribution in [0.25, 0.3) is 0 Å². The zero-order valence-corrected chi connectivity index (χ0v) is 16.0. The summed E-state index contributed by atoms with van der Waals surface area (Å²) in [4.78, 5) is 0.0783. The molecule has 0 heterocycles. The minimum absolute atomic E-state index is 0.0783. The molecule has 0 bridgehead atoms. The van der Waals surface area contributed by atoms with Crippen LogP contribution in [0.3, 0.4) is 0 Å². The fourth-order valence-electron chi connectivity index (χ4n) is 2.58. The molecule has 0 atom stereocenters. The molecule has 3 aromatic rings. The second kappa shape index (κ2) is 7.98. The summed E-state index contributed by atoms with van der Waals surface area (Å²) in [7, 11) is -2.44. The first-order valence-corrected chi connectivity index (χ1v) is 9.89. The summed E-state index contributed by atoms with van der Waals surface area (Å²) in [6.07, 6.45) is 0. The highest BCUT2D eigenvalue weighted by Gasteiger charge is 2.26. The van der Waals surface area contributed by atoms with Gasteiger partial charge in [-0.05, 0) is 54.6 Å². The molecule has 0 aliphatic carbocycles. The maximum absolute atomic E-state index is 14.2. The molecule has 27 heavy (non-hydrogen) atoms. The number of benzene rings is 3. The molecule has 7 heteroatoms. The number of halogens is 2. The van der Waals surface area contributed by atoms with E-state index in [-0.39, 0.29) is 17.0 Å². The third kappa shape index (κ3) is 4.23. The average molecular weight is 406 g/mol. The summed E-state index contributed by atoms with van der Waals surface area (Å²) in [5, 5.41) is 0.478. The van der Waals surface area contributed by atoms with E-state index in [1.54, 1.807) is 54.6 Å². The molecule has 140 valence electrons. The van der Waals surface area contributed by atoms with Crippen molar-refractivity contribution in [2.45, 2.75) is 11.4 Å². The van der Waals surface area contributed by atoms with E-state index in [1.807, 2.05) is 0 Å². The summed E-state index contributed by atoms with van der Waals surface area (Å²) in [6.45, 7) is -0.150. The molecular formula is C20H17ClFNO3S. The van der Waals surface area contributed by atoms with Crippen molar-refractivity contribution in [1.29, 1.82) is 0 Å². The van der Waals surface area contributed by atoms with E-state index in [0.717, 1.165) is 4.31 Å². The molecule has 0 aromatic heterocycles. The molecule has 0 spiro atoms. The second-order valence-electron chi connectivity index (χ2n) is 5.76. The van der Waals surface area contributed by atoms with Crippen LogP contribution in [-0.4, -0.2) is 15.5 Å². The Balaban J connectivity index is 2.07. The molecular weight excluding hydrogens is 389 g/mol. The van der Waals surface area contributed by atoms with Gasteiger partial charge in [0, 0.05) is 10.6 Å². The number of methoxy groups -OCH3 is 1. The molecule has 0 amide bonds. The molecule has 0 radical (unpaired) electrons. The number of ether oxygens (including phenoxy) is 1. The maximum Gasteiger partial charge on any atom is 0.264 e. The van der Waals surface area contributed by atoms with E-state index in [4.69, 9.17) is 16.3 Å². The maximum atomic E-state index is 14.2. The van der Waals surface area contributed by atoms with E-state index in [0.29, 0.717) is 16.5 Å². The molecule has 0 aliphatic heterocycles. The Bertz CT molecular complexity index is 1020. The summed E-state index contributed by atoms with van der Waals surface area (Å²) in [5.41, 5.74) is 0.656. The zero-order chi connectivity index (χ0) is 19.4. The lowest BCUT2D eigenvalue weighted by Gasteiger charge is -2.25. The highest BCUT2D eigenvalue weighted by molar-refractivity contribution is 7.92. The minimum Gasteiger partial charge on any atom is -0.497 e. The summed E-state index contributed by atoms with van der Waals surface area (Å²) < 4.78 is 46.9. The van der Waals surface area contributed by atoms with Gasteiger partial charge < -0.3 is 4.74 Å². The number of nitrogens with zero attached hydrogens (tertiary/aromatic N) is 1. The van der Waals surface area contributed by atoms with Crippen molar-refractivity contribution >= 4 is 27.3 Å². The van der Waals surface area contributed by atoms with E-state index >= 15 is 0 Å². The highest BCUT2D eigenvalue weighted by Crippen LogP contribution is 2.28. The second-order valence-corrected chi connectivity index (χ2v) is 8.05. The quantitative estimate of drug-likeness (QED) is 0.587. The number of sulfonamides is 1. The van der Waals surface area contributed by atoms with Gasteiger partial charge in [0.15, 0.2) is 0 Å². The van der Waals surface area contributed by atoms with Crippen LogP contribution in [0, 0.1) is 5.82 Å². The fourth-order valence-corrected chi connectivity index (χ4v) is 4.15. The zero-order valence-electron chi connectivity index (χ0n) is 14.5. The molecule has 0 N–H and O–H groups in total. The normalized spacial score (nSPS) is 11.2. The third-order valence-electron chi connectivity index (χ3n) is 4.03. The van der Waals surface area contributed by atoms with Crippen molar-refractivity contribution in [1.82, 2.24) is 0 Å². The van der Waals surface area contributed by atoms with Crippen molar-refractivity contribution < 1.29 is 17.5 Å². The molecule has 3 rings (SSSR count). The predicted molar refractivity (Wildman–Crippen MR) is 104 cm³/mol. The van der Waals surface area contributed by atoms with Crippen LogP contribution in [-0.2, 0) is 16.6 Å². The summed E-state index contributed by atoms with van der Waals surface area (Å²) >= 11 is 5.92. The Hall–Kier alpha value is -2.57. The molecule has 0 saturated heterocycles. The van der Waals surface area contributed by atoms with Gasteiger partial charge in [0.05, 0.1) is 24.2 Å². The lowest BCUT2D eigenvalue weighted by molar-refractivity contribution is 0.414. The van der Waals surface area contributed by atoms with Crippen LogP contribution in [0.5, 0.6) is 5.75 Å². The van der Waals surface area contributed by atoms with Crippen molar-refractivity contribution in [3.05, 3.63) is 89.2 Å².